The molecule has 0 N–H and O–H groups in total. The van der Waals surface area contributed by atoms with Gasteiger partial charge in [-0.1, -0.05) is 115 Å². The van der Waals surface area contributed by atoms with E-state index < -0.39 is 0 Å². The van der Waals surface area contributed by atoms with Crippen LogP contribution in [0.25, 0.3) is 82.3 Å². The molecule has 0 saturated carbocycles. The van der Waals surface area contributed by atoms with Gasteiger partial charge in [0.25, 0.3) is 6.04 Å². The van der Waals surface area contributed by atoms with E-state index in [0.717, 1.165) is 27.8 Å². The maximum Gasteiger partial charge on any atom is 0.263 e. The van der Waals surface area contributed by atoms with Crippen molar-refractivity contribution < 1.29 is 4.80 Å². The predicted octanol–water partition coefficient (Wildman–Crippen LogP) is 10.6. The molecule has 1 aliphatic carbocycles. The van der Waals surface area contributed by atoms with E-state index in [0.29, 0.717) is 0 Å². The highest BCUT2D eigenvalue weighted by molar-refractivity contribution is 6.09. The van der Waals surface area contributed by atoms with Crippen LogP contribution in [0.15, 0.2) is 170 Å². The smallest absolute Gasteiger partial charge is 0.263 e. The lowest BCUT2D eigenvalue weighted by molar-refractivity contribution is -0.810. The number of rotatable bonds is 3. The molecule has 0 radical (unpaired) electrons. The average Bonchev–Trinajstić information content (AvgIpc) is 3.68. The zero-order valence-electron chi connectivity index (χ0n) is 27.0. The third-order valence-electron chi connectivity index (χ3n) is 10.5. The Labute approximate surface area is 288 Å². The molecule has 1 unspecified atom stereocenters. The Hall–Kier alpha value is -6.65. The first kappa shape index (κ1) is 27.3. The van der Waals surface area contributed by atoms with Gasteiger partial charge >= 0.3 is 0 Å². The van der Waals surface area contributed by atoms with Gasteiger partial charge in [0.1, 0.15) is 11.2 Å². The molecule has 8 aromatic carbocycles. The average molecular weight is 638 g/mol. The van der Waals surface area contributed by atoms with Crippen molar-refractivity contribution >= 4 is 54.3 Å². The minimum absolute atomic E-state index is 0.194. The van der Waals surface area contributed by atoms with Crippen molar-refractivity contribution in [1.29, 1.82) is 0 Å². The van der Waals surface area contributed by atoms with Gasteiger partial charge in [0, 0.05) is 53.5 Å². The Morgan fingerprint density at radius 2 is 1.04 bits per heavy atom. The number of benzene rings is 8. The van der Waals surface area contributed by atoms with E-state index in [1.165, 1.54) is 65.6 Å². The molecule has 2 aromatic heterocycles. The second-order valence-corrected chi connectivity index (χ2v) is 13.3. The minimum Gasteiger partial charge on any atom is -0.309 e. The normalized spacial score (nSPS) is 13.8. The molecular weight excluding hydrogens is 609 g/mol. The molecule has 10 aromatic rings. The van der Waals surface area contributed by atoms with Gasteiger partial charge in [-0.15, -0.1) is 0 Å². The zero-order chi connectivity index (χ0) is 32.8. The lowest BCUT2D eigenvalue weighted by Crippen LogP contribution is -2.47. The molecule has 50 heavy (non-hydrogen) atoms. The number of hydrogen-bond acceptors (Lipinski definition) is 2. The summed E-state index contributed by atoms with van der Waals surface area (Å²) in [7, 11) is 0. The van der Waals surface area contributed by atoms with Gasteiger partial charge in [0.15, 0.2) is 0 Å². The second-order valence-electron chi connectivity index (χ2n) is 13.3. The van der Waals surface area contributed by atoms with E-state index in [9.17, 15) is 0 Å². The first-order chi connectivity index (χ1) is 24.8. The van der Waals surface area contributed by atoms with Crippen LogP contribution in [0.5, 0.6) is 0 Å². The third-order valence-corrected chi connectivity index (χ3v) is 10.5. The van der Waals surface area contributed by atoms with Gasteiger partial charge in [-0.3, -0.25) is 0 Å². The third kappa shape index (κ3) is 3.96. The van der Waals surface area contributed by atoms with E-state index >= 15 is 0 Å². The summed E-state index contributed by atoms with van der Waals surface area (Å²) in [6.07, 6.45) is 0. The lowest BCUT2D eigenvalue weighted by atomic mass is 9.99. The molecule has 0 saturated heterocycles. The van der Waals surface area contributed by atoms with Crippen LogP contribution >= 0.6 is 0 Å². The largest absolute Gasteiger partial charge is 0.309 e. The van der Waals surface area contributed by atoms with Gasteiger partial charge in [-0.05, 0) is 87.3 Å². The molecule has 11 rings (SSSR count). The molecule has 2 heterocycles. The number of nitrogens with zero attached hydrogens (tertiary/aromatic N) is 4. The van der Waals surface area contributed by atoms with Crippen LogP contribution in [0, 0.1) is 0 Å². The van der Waals surface area contributed by atoms with Crippen molar-refractivity contribution in [2.24, 2.45) is 0 Å². The monoisotopic (exact) mass is 637 g/mol. The van der Waals surface area contributed by atoms with Crippen LogP contribution in [0.1, 0.15) is 17.2 Å². The topological polar surface area (TPSA) is 34.6 Å². The number of aromatic nitrogens is 4. The summed E-state index contributed by atoms with van der Waals surface area (Å²) in [5.74, 6) is 0. The number of para-hydroxylation sites is 2. The Morgan fingerprint density at radius 1 is 0.440 bits per heavy atom. The zero-order valence-corrected chi connectivity index (χ0v) is 27.0. The van der Waals surface area contributed by atoms with Gasteiger partial charge in [0.05, 0.1) is 11.0 Å². The molecule has 1 aliphatic rings. The number of fused-ring (bicyclic) bond motifs is 9. The molecule has 0 spiro atoms. The maximum atomic E-state index is 5.39. The highest BCUT2D eigenvalue weighted by Gasteiger charge is 2.40. The summed E-state index contributed by atoms with van der Waals surface area (Å²) in [6.45, 7) is 0. The Kier molecular flexibility index (Phi) is 5.69. The van der Waals surface area contributed by atoms with E-state index in [-0.39, 0.29) is 6.04 Å². The molecule has 4 heteroatoms. The van der Waals surface area contributed by atoms with Crippen LogP contribution in [-0.2, 0) is 0 Å². The van der Waals surface area contributed by atoms with E-state index in [1.807, 2.05) is 4.80 Å². The second kappa shape index (κ2) is 10.4. The van der Waals surface area contributed by atoms with Crippen molar-refractivity contribution in [1.82, 2.24) is 14.8 Å². The van der Waals surface area contributed by atoms with Crippen molar-refractivity contribution in [2.45, 2.75) is 6.04 Å². The van der Waals surface area contributed by atoms with Crippen molar-refractivity contribution in [3.8, 4) is 28.1 Å². The van der Waals surface area contributed by atoms with E-state index in [1.54, 1.807) is 0 Å². The Bertz CT molecular complexity index is 2960. The molecular formula is C46H29N4+. The minimum atomic E-state index is -0.194. The molecule has 4 nitrogen and oxygen atoms in total. The standard InChI is InChI=1S/C46H29N4/c1-2-12-30-25-33(22-21-29(30)11-1)45-38-17-5-8-18-42(38)47-50(48-45)46-37-24-23-34(28-40(37)39-26-31-13-3-4-14-32(31)27-41(39)46)49-43-19-9-6-15-35(43)36-16-7-10-20-44(36)49/h1-28,46H/q+1. The summed E-state index contributed by atoms with van der Waals surface area (Å²) in [5.41, 5.74) is 11.3. The summed E-state index contributed by atoms with van der Waals surface area (Å²) < 4.78 is 2.40. The van der Waals surface area contributed by atoms with Crippen LogP contribution < -0.4 is 4.80 Å². The van der Waals surface area contributed by atoms with Crippen LogP contribution in [0.2, 0.25) is 0 Å². The first-order valence-electron chi connectivity index (χ1n) is 17.1. The Balaban J connectivity index is 1.17. The summed E-state index contributed by atoms with van der Waals surface area (Å²) in [4.78, 5) is 1.96. The van der Waals surface area contributed by atoms with Gasteiger partial charge in [-0.25, -0.2) is 0 Å². The van der Waals surface area contributed by atoms with E-state index in [2.05, 4.69) is 174 Å². The Morgan fingerprint density at radius 3 is 1.80 bits per heavy atom. The van der Waals surface area contributed by atoms with E-state index in [4.69, 9.17) is 10.2 Å². The molecule has 0 bridgehead atoms. The highest BCUT2D eigenvalue weighted by Crippen LogP contribution is 2.46. The predicted molar refractivity (Wildman–Crippen MR) is 204 cm³/mol. The van der Waals surface area contributed by atoms with Crippen LogP contribution in [0.3, 0.4) is 0 Å². The van der Waals surface area contributed by atoms with Crippen molar-refractivity contribution in [2.75, 3.05) is 0 Å². The molecule has 0 fully saturated rings. The van der Waals surface area contributed by atoms with Crippen molar-refractivity contribution in [3.63, 3.8) is 0 Å². The fraction of sp³-hybridized carbons (Fsp3) is 0.0217. The first-order valence-corrected chi connectivity index (χ1v) is 17.1. The SMILES string of the molecule is c1ccc2cc(-c3n[n+](C4c5ccc(-n6c7ccccc7c7ccccc76)cc5-c5cc6ccccc6cc54)nc4ccccc34)ccc2c1. The highest BCUT2D eigenvalue weighted by atomic mass is 15.5. The van der Waals surface area contributed by atoms with Crippen LogP contribution in [-0.4, -0.2) is 14.8 Å². The molecule has 1 atom stereocenters. The summed E-state index contributed by atoms with van der Waals surface area (Å²) in [5, 5.41) is 19.0. The summed E-state index contributed by atoms with van der Waals surface area (Å²) in [6, 6.07) is 60.9. The van der Waals surface area contributed by atoms with Crippen LogP contribution in [0.4, 0.5) is 0 Å². The fourth-order valence-electron chi connectivity index (χ4n) is 8.20. The molecule has 0 amide bonds. The fourth-order valence-corrected chi connectivity index (χ4v) is 8.20. The van der Waals surface area contributed by atoms with Gasteiger partial charge in [-0.2, -0.15) is 0 Å². The lowest BCUT2D eigenvalue weighted by Gasteiger charge is -2.11. The maximum absolute atomic E-state index is 5.39. The van der Waals surface area contributed by atoms with Crippen molar-refractivity contribution in [3.05, 3.63) is 181 Å². The van der Waals surface area contributed by atoms with Gasteiger partial charge in [0.2, 0.25) is 0 Å². The molecule has 232 valence electrons. The molecule has 0 aliphatic heterocycles. The quantitative estimate of drug-likeness (QED) is 0.181. The number of hydrogen-bond donors (Lipinski definition) is 0. The summed E-state index contributed by atoms with van der Waals surface area (Å²) >= 11 is 0. The van der Waals surface area contributed by atoms with Gasteiger partial charge < -0.3 is 4.57 Å².